The van der Waals surface area contributed by atoms with Gasteiger partial charge in [0.15, 0.2) is 0 Å². The third-order valence-corrected chi connectivity index (χ3v) is 4.50. The molecule has 0 spiro atoms. The van der Waals surface area contributed by atoms with Crippen LogP contribution in [0, 0.1) is 0 Å². The Morgan fingerprint density at radius 3 is 2.45 bits per heavy atom. The van der Waals surface area contributed by atoms with Crippen molar-refractivity contribution in [2.75, 3.05) is 0 Å². The number of imidazole rings is 1. The minimum Gasteiger partial charge on any atom is -0.389 e. The van der Waals surface area contributed by atoms with Crippen LogP contribution in [0.2, 0.25) is 5.02 Å². The largest absolute Gasteiger partial charge is 0.389 e. The number of nitrogens with zero attached hydrogens (tertiary/aromatic N) is 1. The molecule has 3 nitrogen and oxygen atoms in total. The smallest absolute Gasteiger partial charge is 0.116 e. The van der Waals surface area contributed by atoms with E-state index in [0.29, 0.717) is 5.02 Å². The van der Waals surface area contributed by atoms with E-state index in [-0.39, 0.29) is 5.92 Å². The maximum atomic E-state index is 11.1. The van der Waals surface area contributed by atoms with Crippen LogP contribution in [0.25, 0.3) is 0 Å². The second-order valence-corrected chi connectivity index (χ2v) is 6.06. The maximum Gasteiger partial charge on any atom is 0.116 e. The summed E-state index contributed by atoms with van der Waals surface area (Å²) in [6.45, 7) is 0. The quantitative estimate of drug-likeness (QED) is 0.901. The van der Waals surface area contributed by atoms with Crippen molar-refractivity contribution in [1.29, 1.82) is 0 Å². The minimum absolute atomic E-state index is 0.116. The van der Waals surface area contributed by atoms with Gasteiger partial charge in [0.25, 0.3) is 0 Å². The van der Waals surface area contributed by atoms with Crippen molar-refractivity contribution < 1.29 is 5.11 Å². The number of rotatable bonds is 3. The first-order valence-electron chi connectivity index (χ1n) is 7.16. The predicted octanol–water partition coefficient (Wildman–Crippen LogP) is 3.89. The molecule has 2 aromatic rings. The minimum atomic E-state index is -0.718. The molecule has 1 aliphatic rings. The molecule has 1 atom stereocenters. The summed E-state index contributed by atoms with van der Waals surface area (Å²) >= 11 is 5.98. The molecule has 1 aromatic carbocycles. The molecule has 20 heavy (non-hydrogen) atoms. The van der Waals surface area contributed by atoms with E-state index in [0.717, 1.165) is 37.1 Å². The molecule has 4 heteroatoms. The van der Waals surface area contributed by atoms with Gasteiger partial charge >= 0.3 is 0 Å². The Morgan fingerprint density at radius 2 is 1.85 bits per heavy atom. The van der Waals surface area contributed by atoms with Crippen LogP contribution in [0.5, 0.6) is 0 Å². The number of aromatic amines is 1. The Morgan fingerprint density at radius 1 is 1.15 bits per heavy atom. The Kier molecular flexibility index (Phi) is 3.81. The molecule has 0 amide bonds. The van der Waals surface area contributed by atoms with E-state index in [1.165, 1.54) is 6.42 Å². The molecule has 1 aliphatic carbocycles. The molecule has 1 aromatic heterocycles. The second-order valence-electron chi connectivity index (χ2n) is 5.62. The molecular weight excluding hydrogens is 272 g/mol. The monoisotopic (exact) mass is 290 g/mol. The van der Waals surface area contributed by atoms with Gasteiger partial charge in [0, 0.05) is 17.4 Å². The van der Waals surface area contributed by atoms with Gasteiger partial charge in [-0.3, -0.25) is 0 Å². The highest BCUT2D eigenvalue weighted by Gasteiger charge is 2.41. The normalized spacial score (nSPS) is 19.7. The van der Waals surface area contributed by atoms with Crippen LogP contribution in [0.1, 0.15) is 49.4 Å². The average molecular weight is 291 g/mol. The van der Waals surface area contributed by atoms with Crippen molar-refractivity contribution in [3.63, 3.8) is 0 Å². The molecule has 2 N–H and O–H groups in total. The zero-order valence-corrected chi connectivity index (χ0v) is 12.1. The number of hydrogen-bond donors (Lipinski definition) is 2. The van der Waals surface area contributed by atoms with Gasteiger partial charge in [-0.1, -0.05) is 43.0 Å². The van der Waals surface area contributed by atoms with Gasteiger partial charge < -0.3 is 10.1 Å². The highest BCUT2D eigenvalue weighted by Crippen LogP contribution is 2.42. The summed E-state index contributed by atoms with van der Waals surface area (Å²) in [5, 5.41) is 11.8. The fourth-order valence-electron chi connectivity index (χ4n) is 3.27. The SMILES string of the molecule is OC1(C(c2ccc(Cl)cc2)c2ncc[nH]2)CCCCC1. The van der Waals surface area contributed by atoms with E-state index in [1.807, 2.05) is 30.5 Å². The van der Waals surface area contributed by atoms with Crippen LogP contribution >= 0.6 is 11.6 Å². The van der Waals surface area contributed by atoms with Gasteiger partial charge in [-0.25, -0.2) is 4.98 Å². The fourth-order valence-corrected chi connectivity index (χ4v) is 3.39. The number of aromatic nitrogens is 2. The van der Waals surface area contributed by atoms with Crippen molar-refractivity contribution in [3.05, 3.63) is 53.1 Å². The number of H-pyrrole nitrogens is 1. The average Bonchev–Trinajstić information content (AvgIpc) is 2.96. The summed E-state index contributed by atoms with van der Waals surface area (Å²) in [6.07, 6.45) is 8.53. The third kappa shape index (κ3) is 2.60. The summed E-state index contributed by atoms with van der Waals surface area (Å²) in [4.78, 5) is 7.56. The fraction of sp³-hybridized carbons (Fsp3) is 0.438. The lowest BCUT2D eigenvalue weighted by Gasteiger charge is -2.38. The van der Waals surface area contributed by atoms with Gasteiger partial charge in [-0.15, -0.1) is 0 Å². The Balaban J connectivity index is 2.02. The highest BCUT2D eigenvalue weighted by molar-refractivity contribution is 6.30. The molecule has 1 unspecified atom stereocenters. The van der Waals surface area contributed by atoms with E-state index >= 15 is 0 Å². The summed E-state index contributed by atoms with van der Waals surface area (Å²) in [5.41, 5.74) is 0.345. The molecular formula is C16H19ClN2O. The lowest BCUT2D eigenvalue weighted by Crippen LogP contribution is -2.39. The van der Waals surface area contributed by atoms with Crippen molar-refractivity contribution in [2.24, 2.45) is 0 Å². The number of hydrogen-bond acceptors (Lipinski definition) is 2. The third-order valence-electron chi connectivity index (χ3n) is 4.25. The van der Waals surface area contributed by atoms with Gasteiger partial charge in [0.1, 0.15) is 5.82 Å². The second kappa shape index (κ2) is 5.58. The molecule has 0 saturated heterocycles. The standard InChI is InChI=1S/C16H19ClN2O/c17-13-6-4-12(5-7-13)14(15-18-10-11-19-15)16(20)8-2-1-3-9-16/h4-7,10-11,14,20H,1-3,8-9H2,(H,18,19). The number of benzene rings is 1. The molecule has 1 heterocycles. The highest BCUT2D eigenvalue weighted by atomic mass is 35.5. The van der Waals surface area contributed by atoms with Gasteiger partial charge in [-0.2, -0.15) is 0 Å². The molecule has 1 fully saturated rings. The van der Waals surface area contributed by atoms with E-state index in [1.54, 1.807) is 6.20 Å². The summed E-state index contributed by atoms with van der Waals surface area (Å²) in [5.74, 6) is 0.715. The van der Waals surface area contributed by atoms with Gasteiger partial charge in [0.2, 0.25) is 0 Å². The summed E-state index contributed by atoms with van der Waals surface area (Å²) in [6, 6.07) is 7.72. The first-order chi connectivity index (χ1) is 9.69. The lowest BCUT2D eigenvalue weighted by atomic mass is 9.72. The van der Waals surface area contributed by atoms with Crippen molar-refractivity contribution >= 4 is 11.6 Å². The maximum absolute atomic E-state index is 11.1. The van der Waals surface area contributed by atoms with Gasteiger partial charge in [0.05, 0.1) is 11.5 Å². The predicted molar refractivity (Wildman–Crippen MR) is 79.9 cm³/mol. The van der Waals surface area contributed by atoms with Crippen LogP contribution in [0.4, 0.5) is 0 Å². The molecule has 0 radical (unpaired) electrons. The van der Waals surface area contributed by atoms with E-state index in [2.05, 4.69) is 9.97 Å². The topological polar surface area (TPSA) is 48.9 Å². The van der Waals surface area contributed by atoms with Crippen LogP contribution in [-0.4, -0.2) is 20.7 Å². The number of aliphatic hydroxyl groups is 1. The number of halogens is 1. The first-order valence-corrected chi connectivity index (χ1v) is 7.54. The Hall–Kier alpha value is -1.32. The molecule has 1 saturated carbocycles. The summed E-state index contributed by atoms with van der Waals surface area (Å²) in [7, 11) is 0. The Labute approximate surface area is 124 Å². The number of nitrogens with one attached hydrogen (secondary N) is 1. The van der Waals surface area contributed by atoms with Crippen LogP contribution in [0.3, 0.4) is 0 Å². The molecule has 3 rings (SSSR count). The van der Waals surface area contributed by atoms with Crippen LogP contribution < -0.4 is 0 Å². The van der Waals surface area contributed by atoms with Crippen molar-refractivity contribution in [2.45, 2.75) is 43.6 Å². The van der Waals surface area contributed by atoms with E-state index in [9.17, 15) is 5.11 Å². The zero-order valence-electron chi connectivity index (χ0n) is 11.3. The summed E-state index contributed by atoms with van der Waals surface area (Å²) < 4.78 is 0. The van der Waals surface area contributed by atoms with Crippen molar-refractivity contribution in [3.8, 4) is 0 Å². The zero-order chi connectivity index (χ0) is 14.0. The lowest BCUT2D eigenvalue weighted by molar-refractivity contribution is -0.0129. The molecule has 106 valence electrons. The van der Waals surface area contributed by atoms with Crippen LogP contribution in [-0.2, 0) is 0 Å². The van der Waals surface area contributed by atoms with Gasteiger partial charge in [-0.05, 0) is 30.5 Å². The first kappa shape index (κ1) is 13.7. The molecule has 0 aliphatic heterocycles. The molecule has 0 bridgehead atoms. The van der Waals surface area contributed by atoms with Crippen LogP contribution in [0.15, 0.2) is 36.7 Å². The van der Waals surface area contributed by atoms with Crippen molar-refractivity contribution in [1.82, 2.24) is 9.97 Å². The van der Waals surface area contributed by atoms with E-state index < -0.39 is 5.60 Å². The van der Waals surface area contributed by atoms with E-state index in [4.69, 9.17) is 11.6 Å². The Bertz CT molecular complexity index is 544.